The number of benzene rings is 3. The molecule has 14 nitrogen and oxygen atoms in total. The number of aromatic amines is 1. The van der Waals surface area contributed by atoms with Crippen LogP contribution in [0.3, 0.4) is 0 Å². The average molecular weight is 880 g/mol. The van der Waals surface area contributed by atoms with E-state index in [1.54, 1.807) is 24.5 Å². The molecule has 3 aliphatic rings. The summed E-state index contributed by atoms with van der Waals surface area (Å²) in [5.74, 6) is 1.23. The van der Waals surface area contributed by atoms with Crippen LogP contribution in [0.15, 0.2) is 80.3 Å². The van der Waals surface area contributed by atoms with Crippen LogP contribution in [0.2, 0.25) is 25.7 Å². The fraction of sp³-hybridized carbons (Fsp3) is 0.326. The number of para-hydroxylation sites is 2. The molecule has 0 radical (unpaired) electrons. The number of anilines is 1. The maximum atomic E-state index is 14.3. The highest BCUT2D eigenvalue weighted by Crippen LogP contribution is 2.60. The lowest BCUT2D eigenvalue weighted by molar-refractivity contribution is -0.131. The average Bonchev–Trinajstić information content (AvgIpc) is 4.00. The Hall–Kier alpha value is -5.87. The van der Waals surface area contributed by atoms with Crippen molar-refractivity contribution in [2.24, 2.45) is 5.92 Å². The fourth-order valence-corrected chi connectivity index (χ4v) is 9.39. The second kappa shape index (κ2) is 14.4. The number of hydrogen-bond donors (Lipinski definition) is 4. The van der Waals surface area contributed by atoms with Gasteiger partial charge in [0.1, 0.15) is 23.2 Å². The molecular weight excluding hydrogens is 836 g/mol. The summed E-state index contributed by atoms with van der Waals surface area (Å²) in [6.45, 7) is 12.2. The standard InChI is InChI=1S/C43H43BrN6O8Si/c1-21(2)33-40-49-36(39-46-20-32(56-39)25-19-45-34-24(25)9-7-12-31(34)55-22(3)51)37(58-40)43-26-10-8-11-28(44)35(26)50-41(43)57-30-14-13-23(17-27(30)43)18-29(38(52)48-33)47-42(53)54-15-16-59(4,5)6/h7-14,17,19-21,29,33,41,45,50H,15-16,18H2,1-6H3,(H,47,53)(H,48,52)/t29-,33-,41+,43-/m0/s1. The molecule has 0 fully saturated rings. The van der Waals surface area contributed by atoms with Crippen LogP contribution in [0, 0.1) is 5.92 Å². The number of alkyl carbamates (subject to hydrolysis) is 1. The van der Waals surface area contributed by atoms with Crippen LogP contribution >= 0.6 is 15.9 Å². The smallest absolute Gasteiger partial charge is 0.407 e. The number of H-pyrrole nitrogens is 1. The van der Waals surface area contributed by atoms with Gasteiger partial charge >= 0.3 is 12.1 Å². The van der Waals surface area contributed by atoms with Crippen LogP contribution in [0.5, 0.6) is 11.5 Å². The summed E-state index contributed by atoms with van der Waals surface area (Å²) in [6.07, 6.45) is 2.24. The second-order valence-corrected chi connectivity index (χ2v) is 23.2. The number of halogens is 1. The molecule has 1 spiro atoms. The van der Waals surface area contributed by atoms with E-state index in [-0.39, 0.29) is 30.7 Å². The molecular formula is C43H43BrN6O8Si. The Kier molecular flexibility index (Phi) is 9.46. The number of nitrogens with one attached hydrogen (secondary N) is 4. The van der Waals surface area contributed by atoms with Crippen molar-refractivity contribution in [2.45, 2.75) is 76.6 Å². The minimum atomic E-state index is -1.47. The van der Waals surface area contributed by atoms with E-state index in [4.69, 9.17) is 33.0 Å². The summed E-state index contributed by atoms with van der Waals surface area (Å²) >= 11 is 3.76. The predicted octanol–water partition coefficient (Wildman–Crippen LogP) is 8.45. The second-order valence-electron chi connectivity index (χ2n) is 16.8. The number of esters is 1. The third-order valence-corrected chi connectivity index (χ3v) is 13.5. The van der Waals surface area contributed by atoms with E-state index in [1.807, 2.05) is 56.3 Å². The fourth-order valence-electron chi connectivity index (χ4n) is 8.20. The maximum Gasteiger partial charge on any atom is 0.407 e. The Labute approximate surface area is 348 Å². The number of amides is 2. The molecule has 4 atom stereocenters. The number of oxazole rings is 2. The van der Waals surface area contributed by atoms with Crippen molar-refractivity contribution in [3.63, 3.8) is 0 Å². The van der Waals surface area contributed by atoms with Crippen LogP contribution in [-0.2, 0) is 26.2 Å². The lowest BCUT2D eigenvalue weighted by Crippen LogP contribution is -2.50. The Bertz CT molecular complexity index is 2660. The first kappa shape index (κ1) is 38.6. The molecule has 3 aromatic carbocycles. The molecule has 3 aromatic heterocycles. The molecule has 6 aromatic rings. The van der Waals surface area contributed by atoms with Crippen molar-refractivity contribution in [1.29, 1.82) is 0 Å². The van der Waals surface area contributed by atoms with Gasteiger partial charge in [-0.15, -0.1) is 0 Å². The van der Waals surface area contributed by atoms with Crippen molar-refractivity contribution >= 4 is 58.6 Å². The number of carbonyl (C=O) groups excluding carboxylic acids is 3. The Morgan fingerprint density at radius 2 is 1.88 bits per heavy atom. The zero-order chi connectivity index (χ0) is 41.4. The highest BCUT2D eigenvalue weighted by atomic mass is 79.9. The number of rotatable bonds is 8. The zero-order valence-electron chi connectivity index (χ0n) is 33.3. The van der Waals surface area contributed by atoms with Crippen molar-refractivity contribution in [2.75, 3.05) is 11.9 Å². The summed E-state index contributed by atoms with van der Waals surface area (Å²) in [4.78, 5) is 52.5. The third-order valence-electron chi connectivity index (χ3n) is 11.1. The molecule has 6 heterocycles. The summed E-state index contributed by atoms with van der Waals surface area (Å²) in [5.41, 5.74) is 3.82. The van der Waals surface area contributed by atoms with Gasteiger partial charge in [0.15, 0.2) is 29.2 Å². The van der Waals surface area contributed by atoms with Gasteiger partial charge in [-0.2, -0.15) is 0 Å². The molecule has 0 saturated heterocycles. The van der Waals surface area contributed by atoms with E-state index in [2.05, 4.69) is 56.5 Å². The molecule has 59 heavy (non-hydrogen) atoms. The Morgan fingerprint density at radius 3 is 2.66 bits per heavy atom. The number of nitrogens with zero attached hydrogens (tertiary/aromatic N) is 2. The highest BCUT2D eigenvalue weighted by molar-refractivity contribution is 9.10. The van der Waals surface area contributed by atoms with Crippen LogP contribution in [0.25, 0.3) is 33.8 Å². The predicted molar refractivity (Wildman–Crippen MR) is 225 cm³/mol. The number of hydrogen-bond acceptors (Lipinski definition) is 11. The van der Waals surface area contributed by atoms with Gasteiger partial charge in [0.05, 0.1) is 24.0 Å². The van der Waals surface area contributed by atoms with Crippen molar-refractivity contribution < 1.29 is 37.4 Å². The van der Waals surface area contributed by atoms with E-state index < -0.39 is 49.8 Å². The summed E-state index contributed by atoms with van der Waals surface area (Å²) in [6, 6.07) is 16.3. The highest BCUT2D eigenvalue weighted by Gasteiger charge is 2.61. The van der Waals surface area contributed by atoms with Crippen molar-refractivity contribution in [1.82, 2.24) is 25.6 Å². The van der Waals surface area contributed by atoms with E-state index in [0.29, 0.717) is 39.8 Å². The first-order chi connectivity index (χ1) is 28.2. The largest absolute Gasteiger partial charge is 0.469 e. The molecule has 4 N–H and O–H groups in total. The van der Waals surface area contributed by atoms with E-state index in [9.17, 15) is 14.4 Å². The molecule has 0 aliphatic carbocycles. The van der Waals surface area contributed by atoms with Gasteiger partial charge in [0.25, 0.3) is 0 Å². The molecule has 2 amide bonds. The van der Waals surface area contributed by atoms with Gasteiger partial charge in [-0.1, -0.05) is 69.9 Å². The molecule has 9 rings (SSSR count). The van der Waals surface area contributed by atoms with Crippen LogP contribution in [0.4, 0.5) is 10.5 Å². The molecule has 3 aliphatic heterocycles. The normalized spacial score (nSPS) is 20.5. The number of ether oxygens (including phenoxy) is 3. The topological polar surface area (TPSA) is 183 Å². The van der Waals surface area contributed by atoms with Crippen LogP contribution in [0.1, 0.15) is 55.2 Å². The third kappa shape index (κ3) is 6.67. The monoisotopic (exact) mass is 878 g/mol. The minimum absolute atomic E-state index is 0.179. The van der Waals surface area contributed by atoms with Gasteiger partial charge in [-0.3, -0.25) is 9.59 Å². The van der Waals surface area contributed by atoms with Gasteiger partial charge < -0.3 is 44.0 Å². The first-order valence-corrected chi connectivity index (χ1v) is 24.1. The Balaban J connectivity index is 1.20. The molecule has 16 heteroatoms. The van der Waals surface area contributed by atoms with Gasteiger partial charge in [-0.05, 0) is 51.7 Å². The zero-order valence-corrected chi connectivity index (χ0v) is 35.9. The van der Waals surface area contributed by atoms with Crippen molar-refractivity contribution in [3.8, 4) is 34.4 Å². The first-order valence-electron chi connectivity index (χ1n) is 19.6. The van der Waals surface area contributed by atoms with Gasteiger partial charge in [0, 0.05) is 54.2 Å². The minimum Gasteiger partial charge on any atom is -0.469 e. The van der Waals surface area contributed by atoms with Crippen molar-refractivity contribution in [3.05, 3.63) is 99.8 Å². The lowest BCUT2D eigenvalue weighted by Gasteiger charge is -2.28. The number of carbonyl (C=O) groups is 3. The van der Waals surface area contributed by atoms with E-state index >= 15 is 0 Å². The van der Waals surface area contributed by atoms with Crippen LogP contribution in [-0.4, -0.2) is 59.9 Å². The van der Waals surface area contributed by atoms with E-state index in [0.717, 1.165) is 38.3 Å². The molecule has 0 saturated carbocycles. The maximum absolute atomic E-state index is 14.3. The number of fused-ring (bicyclic) bond motifs is 5. The summed E-state index contributed by atoms with van der Waals surface area (Å²) in [7, 11) is -1.47. The van der Waals surface area contributed by atoms with E-state index in [1.165, 1.54) is 6.92 Å². The quantitative estimate of drug-likeness (QED) is 0.0654. The molecule has 4 bridgehead atoms. The van der Waals surface area contributed by atoms with Gasteiger partial charge in [0.2, 0.25) is 17.7 Å². The van der Waals surface area contributed by atoms with Crippen LogP contribution < -0.4 is 25.4 Å². The molecule has 0 unspecified atom stereocenters. The Morgan fingerprint density at radius 1 is 1.07 bits per heavy atom. The number of aromatic nitrogens is 3. The summed E-state index contributed by atoms with van der Waals surface area (Å²) in [5, 5.41) is 10.4. The SMILES string of the molecule is CC(=O)Oc1cccc2c(-c3cnc(-c4nc5oc4[C@]46c7cc(ccc7O[C@H]4Nc4c(Br)cccc46)C[C@H](NC(=O)OCC[Si](C)(C)C)C(=O)N[C@H]5C(C)C)o3)c[nH]c12. The summed E-state index contributed by atoms with van der Waals surface area (Å²) < 4.78 is 32.2. The van der Waals surface area contributed by atoms with Gasteiger partial charge in [-0.25, -0.2) is 14.8 Å². The lowest BCUT2D eigenvalue weighted by atomic mass is 9.72. The molecule has 304 valence electrons.